The fraction of sp³-hybridized carbons (Fsp3) is 0.0909. The van der Waals surface area contributed by atoms with Gasteiger partial charge in [0.25, 0.3) is 0 Å². The molecular formula is C11H8BrFN2O. The monoisotopic (exact) mass is 282 g/mol. The SMILES string of the molecule is Fc1ccc(OCc2ncc(Br)cn2)cc1. The molecule has 0 bridgehead atoms. The van der Waals surface area contributed by atoms with Crippen molar-refractivity contribution in [1.29, 1.82) is 0 Å². The first-order valence-corrected chi connectivity index (χ1v) is 5.38. The normalized spacial score (nSPS) is 10.1. The molecule has 1 aromatic heterocycles. The molecule has 0 saturated heterocycles. The Hall–Kier alpha value is -1.49. The predicted octanol–water partition coefficient (Wildman–Crippen LogP) is 2.96. The topological polar surface area (TPSA) is 35.0 Å². The van der Waals surface area contributed by atoms with E-state index < -0.39 is 0 Å². The van der Waals surface area contributed by atoms with Crippen LogP contribution >= 0.6 is 15.9 Å². The van der Waals surface area contributed by atoms with Gasteiger partial charge in [-0.2, -0.15) is 0 Å². The number of benzene rings is 1. The van der Waals surface area contributed by atoms with Gasteiger partial charge in [0.2, 0.25) is 0 Å². The minimum absolute atomic E-state index is 0.263. The molecule has 1 heterocycles. The van der Waals surface area contributed by atoms with Crippen LogP contribution in [0.1, 0.15) is 5.82 Å². The number of hydrogen-bond donors (Lipinski definition) is 0. The quantitative estimate of drug-likeness (QED) is 0.868. The predicted molar refractivity (Wildman–Crippen MR) is 60.5 cm³/mol. The summed E-state index contributed by atoms with van der Waals surface area (Å²) >= 11 is 3.24. The van der Waals surface area contributed by atoms with Crippen LogP contribution in [0.4, 0.5) is 4.39 Å². The number of nitrogens with zero attached hydrogens (tertiary/aromatic N) is 2. The van der Waals surface area contributed by atoms with Crippen molar-refractivity contribution >= 4 is 15.9 Å². The van der Waals surface area contributed by atoms with Crippen molar-refractivity contribution in [2.24, 2.45) is 0 Å². The van der Waals surface area contributed by atoms with Gasteiger partial charge >= 0.3 is 0 Å². The average molecular weight is 283 g/mol. The van der Waals surface area contributed by atoms with Gasteiger partial charge in [-0.25, -0.2) is 14.4 Å². The minimum atomic E-state index is -0.285. The highest BCUT2D eigenvalue weighted by Gasteiger charge is 1.98. The molecule has 0 atom stereocenters. The fourth-order valence-corrected chi connectivity index (χ4v) is 1.30. The van der Waals surface area contributed by atoms with E-state index in [1.165, 1.54) is 12.1 Å². The number of aromatic nitrogens is 2. The minimum Gasteiger partial charge on any atom is -0.486 e. The molecule has 0 spiro atoms. The molecular weight excluding hydrogens is 275 g/mol. The average Bonchev–Trinajstić information content (AvgIpc) is 2.30. The van der Waals surface area contributed by atoms with Crippen molar-refractivity contribution in [2.75, 3.05) is 0 Å². The molecule has 0 amide bonds. The maximum absolute atomic E-state index is 12.6. The van der Waals surface area contributed by atoms with Crippen molar-refractivity contribution in [2.45, 2.75) is 6.61 Å². The van der Waals surface area contributed by atoms with Crippen LogP contribution in [0.25, 0.3) is 0 Å². The maximum Gasteiger partial charge on any atom is 0.166 e. The molecule has 0 fully saturated rings. The third-order valence-corrected chi connectivity index (χ3v) is 2.26. The highest BCUT2D eigenvalue weighted by Crippen LogP contribution is 2.12. The molecule has 2 aromatic rings. The second kappa shape index (κ2) is 5.03. The molecule has 0 N–H and O–H groups in total. The van der Waals surface area contributed by atoms with E-state index in [-0.39, 0.29) is 12.4 Å². The first-order valence-electron chi connectivity index (χ1n) is 4.59. The summed E-state index contributed by atoms with van der Waals surface area (Å²) in [6.07, 6.45) is 3.30. The van der Waals surface area contributed by atoms with Crippen LogP contribution in [0.2, 0.25) is 0 Å². The van der Waals surface area contributed by atoms with Gasteiger partial charge in [0.1, 0.15) is 18.2 Å². The van der Waals surface area contributed by atoms with Crippen LogP contribution in [-0.2, 0) is 6.61 Å². The van der Waals surface area contributed by atoms with Crippen molar-refractivity contribution in [3.8, 4) is 5.75 Å². The van der Waals surface area contributed by atoms with Gasteiger partial charge in [-0.15, -0.1) is 0 Å². The van der Waals surface area contributed by atoms with Crippen molar-refractivity contribution in [3.05, 3.63) is 52.8 Å². The highest BCUT2D eigenvalue weighted by atomic mass is 79.9. The first kappa shape index (κ1) is 11.0. The summed E-state index contributed by atoms with van der Waals surface area (Å²) in [6.45, 7) is 0.263. The molecule has 2 rings (SSSR count). The zero-order valence-electron chi connectivity index (χ0n) is 8.23. The lowest BCUT2D eigenvalue weighted by Gasteiger charge is -2.04. The zero-order chi connectivity index (χ0) is 11.4. The van der Waals surface area contributed by atoms with E-state index in [9.17, 15) is 4.39 Å². The van der Waals surface area contributed by atoms with Gasteiger partial charge in [-0.3, -0.25) is 0 Å². The lowest BCUT2D eigenvalue weighted by Crippen LogP contribution is -2.00. The number of rotatable bonds is 3. The summed E-state index contributed by atoms with van der Waals surface area (Å²) in [5.41, 5.74) is 0. The van der Waals surface area contributed by atoms with Crippen molar-refractivity contribution in [1.82, 2.24) is 9.97 Å². The van der Waals surface area contributed by atoms with Gasteiger partial charge in [0.05, 0.1) is 4.47 Å². The van der Waals surface area contributed by atoms with E-state index in [4.69, 9.17) is 4.74 Å². The Morgan fingerprint density at radius 3 is 2.38 bits per heavy atom. The van der Waals surface area contributed by atoms with E-state index in [0.29, 0.717) is 11.6 Å². The molecule has 0 aliphatic carbocycles. The molecule has 82 valence electrons. The van der Waals surface area contributed by atoms with Gasteiger partial charge < -0.3 is 4.74 Å². The Kier molecular flexibility index (Phi) is 3.46. The fourth-order valence-electron chi connectivity index (χ4n) is 1.09. The van der Waals surface area contributed by atoms with Gasteiger partial charge in [-0.1, -0.05) is 0 Å². The second-order valence-electron chi connectivity index (χ2n) is 3.06. The summed E-state index contributed by atoms with van der Waals surface area (Å²) in [7, 11) is 0. The largest absolute Gasteiger partial charge is 0.486 e. The molecule has 1 aromatic carbocycles. The van der Waals surface area contributed by atoms with Gasteiger partial charge in [0, 0.05) is 12.4 Å². The summed E-state index contributed by atoms with van der Waals surface area (Å²) in [6, 6.07) is 5.82. The summed E-state index contributed by atoms with van der Waals surface area (Å²) in [4.78, 5) is 8.11. The van der Waals surface area contributed by atoms with Crippen molar-refractivity contribution < 1.29 is 9.13 Å². The van der Waals surface area contributed by atoms with E-state index in [1.54, 1.807) is 24.5 Å². The molecule has 0 aliphatic rings. The van der Waals surface area contributed by atoms with Gasteiger partial charge in [-0.05, 0) is 40.2 Å². The van der Waals surface area contributed by atoms with Crippen LogP contribution in [0, 0.1) is 5.82 Å². The Bertz CT molecular complexity index is 413. The standard InChI is InChI=1S/C11H8BrFN2O/c12-8-5-14-11(15-6-8)7-16-10-3-1-9(13)2-4-10/h1-6H,7H2. The summed E-state index contributed by atoms with van der Waals surface area (Å²) in [5.74, 6) is 0.882. The number of halogens is 2. The van der Waals surface area contributed by atoms with E-state index in [2.05, 4.69) is 25.9 Å². The van der Waals surface area contributed by atoms with Crippen LogP contribution in [0.5, 0.6) is 5.75 Å². The number of ether oxygens (including phenoxy) is 1. The Morgan fingerprint density at radius 2 is 1.75 bits per heavy atom. The van der Waals surface area contributed by atoms with Crippen LogP contribution in [0.15, 0.2) is 41.1 Å². The molecule has 5 heteroatoms. The lowest BCUT2D eigenvalue weighted by molar-refractivity contribution is 0.295. The molecule has 16 heavy (non-hydrogen) atoms. The maximum atomic E-state index is 12.6. The zero-order valence-corrected chi connectivity index (χ0v) is 9.82. The third-order valence-electron chi connectivity index (χ3n) is 1.86. The Balaban J connectivity index is 1.97. The van der Waals surface area contributed by atoms with Gasteiger partial charge in [0.15, 0.2) is 5.82 Å². The Labute approximate surface area is 100 Å². The van der Waals surface area contributed by atoms with Crippen LogP contribution in [0.3, 0.4) is 0 Å². The summed E-state index contributed by atoms with van der Waals surface area (Å²) < 4.78 is 18.8. The first-order chi connectivity index (χ1) is 7.74. The third kappa shape index (κ3) is 3.00. The lowest BCUT2D eigenvalue weighted by atomic mass is 10.3. The molecule has 0 saturated carbocycles. The Morgan fingerprint density at radius 1 is 1.12 bits per heavy atom. The smallest absolute Gasteiger partial charge is 0.166 e. The number of hydrogen-bond acceptors (Lipinski definition) is 3. The van der Waals surface area contributed by atoms with E-state index in [1.807, 2.05) is 0 Å². The molecule has 0 aliphatic heterocycles. The molecule has 0 radical (unpaired) electrons. The highest BCUT2D eigenvalue weighted by molar-refractivity contribution is 9.10. The van der Waals surface area contributed by atoms with Crippen LogP contribution in [-0.4, -0.2) is 9.97 Å². The van der Waals surface area contributed by atoms with Crippen LogP contribution < -0.4 is 4.74 Å². The van der Waals surface area contributed by atoms with E-state index in [0.717, 1.165) is 4.47 Å². The van der Waals surface area contributed by atoms with E-state index >= 15 is 0 Å². The molecule has 3 nitrogen and oxygen atoms in total. The molecule has 0 unspecified atom stereocenters. The van der Waals surface area contributed by atoms with Crippen molar-refractivity contribution in [3.63, 3.8) is 0 Å². The summed E-state index contributed by atoms with van der Waals surface area (Å²) in [5, 5.41) is 0. The second-order valence-corrected chi connectivity index (χ2v) is 3.98.